The lowest BCUT2D eigenvalue weighted by Gasteiger charge is -2.29. The maximum Gasteiger partial charge on any atom is 0.143 e. The van der Waals surface area contributed by atoms with E-state index < -0.39 is 0 Å². The second-order valence-corrected chi connectivity index (χ2v) is 4.27. The first kappa shape index (κ1) is 8.03. The number of Topliss-reactive ketones (excluding diaryl/α,β-unsaturated/α-hetero) is 1. The molecule has 1 saturated carbocycles. The summed E-state index contributed by atoms with van der Waals surface area (Å²) in [5.74, 6) is 1.06. The quantitative estimate of drug-likeness (QED) is 0.503. The van der Waals surface area contributed by atoms with Gasteiger partial charge in [-0.15, -0.1) is 0 Å². The summed E-state index contributed by atoms with van der Waals surface area (Å²) in [6, 6.07) is 0. The molecule has 2 rings (SSSR count). The van der Waals surface area contributed by atoms with E-state index in [0.29, 0.717) is 11.7 Å². The van der Waals surface area contributed by atoms with Crippen LogP contribution in [-0.4, -0.2) is 5.78 Å². The van der Waals surface area contributed by atoms with Gasteiger partial charge in [-0.3, -0.25) is 4.79 Å². The molecule has 0 amide bonds. The number of rotatable bonds is 0. The van der Waals surface area contributed by atoms with Gasteiger partial charge in [0.1, 0.15) is 5.78 Å². The second-order valence-electron chi connectivity index (χ2n) is 4.27. The highest BCUT2D eigenvalue weighted by atomic mass is 16.1. The third kappa shape index (κ3) is 0.769. The molecule has 0 aromatic heterocycles. The van der Waals surface area contributed by atoms with Crippen LogP contribution in [0.1, 0.15) is 39.5 Å². The predicted molar refractivity (Wildman–Crippen MR) is 48.8 cm³/mol. The van der Waals surface area contributed by atoms with Gasteiger partial charge < -0.3 is 0 Å². The summed E-state index contributed by atoms with van der Waals surface area (Å²) in [5, 5.41) is 0. The third-order valence-corrected chi connectivity index (χ3v) is 3.80. The highest BCUT2D eigenvalue weighted by Crippen LogP contribution is 2.52. The number of carbonyl (C=O) groups excluding carboxylic acids is 1. The normalized spacial score (nSPS) is 41.0. The van der Waals surface area contributed by atoms with Gasteiger partial charge in [0.15, 0.2) is 0 Å². The Kier molecular flexibility index (Phi) is 1.64. The van der Waals surface area contributed by atoms with E-state index in [1.807, 2.05) is 0 Å². The largest absolute Gasteiger partial charge is 0.299 e. The number of hydrogen-bond donors (Lipinski definition) is 0. The van der Waals surface area contributed by atoms with Crippen LogP contribution in [0.25, 0.3) is 0 Å². The average molecular weight is 164 g/mol. The summed E-state index contributed by atoms with van der Waals surface area (Å²) in [4.78, 5) is 11.8. The molecular weight excluding hydrogens is 148 g/mol. The first-order valence-electron chi connectivity index (χ1n) is 4.88. The van der Waals surface area contributed by atoms with E-state index in [4.69, 9.17) is 0 Å². The van der Waals surface area contributed by atoms with Crippen LogP contribution in [0.2, 0.25) is 0 Å². The summed E-state index contributed by atoms with van der Waals surface area (Å²) in [5.41, 5.74) is 1.33. The molecule has 1 nitrogen and oxygen atoms in total. The molecular formula is C11H16O. The van der Waals surface area contributed by atoms with E-state index in [0.717, 1.165) is 25.7 Å². The van der Waals surface area contributed by atoms with E-state index >= 15 is 0 Å². The third-order valence-electron chi connectivity index (χ3n) is 3.80. The molecule has 0 heterocycles. The Balaban J connectivity index is 2.40. The number of hydrogen-bond acceptors (Lipinski definition) is 1. The molecule has 1 heteroatoms. The summed E-state index contributed by atoms with van der Waals surface area (Å²) in [7, 11) is 0. The van der Waals surface area contributed by atoms with E-state index in [2.05, 4.69) is 19.9 Å². The van der Waals surface area contributed by atoms with Crippen LogP contribution >= 0.6 is 0 Å². The van der Waals surface area contributed by atoms with Crippen molar-refractivity contribution in [2.75, 3.05) is 0 Å². The molecule has 1 fully saturated rings. The lowest BCUT2D eigenvalue weighted by atomic mass is 9.73. The van der Waals surface area contributed by atoms with Crippen molar-refractivity contribution in [1.82, 2.24) is 0 Å². The molecule has 0 aliphatic heterocycles. The minimum Gasteiger partial charge on any atom is -0.299 e. The minimum absolute atomic E-state index is 0.0139. The van der Waals surface area contributed by atoms with Crippen LogP contribution in [-0.2, 0) is 4.79 Å². The van der Waals surface area contributed by atoms with Crippen molar-refractivity contribution in [3.63, 3.8) is 0 Å². The monoisotopic (exact) mass is 164 g/mol. The molecule has 2 atom stereocenters. The Morgan fingerprint density at radius 3 is 2.75 bits per heavy atom. The van der Waals surface area contributed by atoms with Crippen molar-refractivity contribution in [2.24, 2.45) is 11.3 Å². The zero-order valence-electron chi connectivity index (χ0n) is 7.89. The fraction of sp³-hybridized carbons (Fsp3) is 0.727. The first-order valence-corrected chi connectivity index (χ1v) is 4.88. The van der Waals surface area contributed by atoms with Crippen molar-refractivity contribution in [1.29, 1.82) is 0 Å². The highest BCUT2D eigenvalue weighted by Gasteiger charge is 2.49. The van der Waals surface area contributed by atoms with Crippen molar-refractivity contribution in [3.8, 4) is 0 Å². The highest BCUT2D eigenvalue weighted by molar-refractivity contribution is 5.90. The summed E-state index contributed by atoms with van der Waals surface area (Å²) >= 11 is 0. The molecule has 2 aliphatic carbocycles. The lowest BCUT2D eigenvalue weighted by Crippen LogP contribution is -2.30. The van der Waals surface area contributed by atoms with Gasteiger partial charge >= 0.3 is 0 Å². The first-order chi connectivity index (χ1) is 5.68. The zero-order valence-corrected chi connectivity index (χ0v) is 7.89. The van der Waals surface area contributed by atoms with Crippen LogP contribution in [0.3, 0.4) is 0 Å². The summed E-state index contributed by atoms with van der Waals surface area (Å²) in [6.45, 7) is 4.35. The van der Waals surface area contributed by atoms with Crippen molar-refractivity contribution >= 4 is 5.78 Å². The Labute approximate surface area is 73.8 Å². The van der Waals surface area contributed by atoms with Crippen molar-refractivity contribution < 1.29 is 4.79 Å². The standard InChI is InChI=1S/C11H16O/c1-8-5-6-9(2)11(8)7-3-4-10(11)12/h5,9H,3-4,6-7H2,1-2H3/t9-,11+/m0/s1. The lowest BCUT2D eigenvalue weighted by molar-refractivity contribution is -0.125. The van der Waals surface area contributed by atoms with Gasteiger partial charge in [-0.1, -0.05) is 18.6 Å². The molecule has 66 valence electrons. The van der Waals surface area contributed by atoms with E-state index in [1.165, 1.54) is 5.57 Å². The Hall–Kier alpha value is -0.590. The second kappa shape index (κ2) is 2.45. The number of carbonyl (C=O) groups is 1. The average Bonchev–Trinajstić information content (AvgIpc) is 2.53. The van der Waals surface area contributed by atoms with Gasteiger partial charge in [-0.05, 0) is 32.1 Å². The molecule has 0 bridgehead atoms. The summed E-state index contributed by atoms with van der Waals surface area (Å²) in [6.07, 6.45) is 6.39. The smallest absolute Gasteiger partial charge is 0.143 e. The van der Waals surface area contributed by atoms with Gasteiger partial charge in [0.25, 0.3) is 0 Å². The molecule has 12 heavy (non-hydrogen) atoms. The van der Waals surface area contributed by atoms with Gasteiger partial charge in [0, 0.05) is 6.42 Å². The SMILES string of the molecule is CC1=CC[C@H](C)[C@@]12CCCC2=O. The maximum atomic E-state index is 11.8. The molecule has 0 N–H and O–H groups in total. The summed E-state index contributed by atoms with van der Waals surface area (Å²) < 4.78 is 0. The number of ketones is 1. The van der Waals surface area contributed by atoms with Gasteiger partial charge in [0.2, 0.25) is 0 Å². The fourth-order valence-electron chi connectivity index (χ4n) is 2.95. The van der Waals surface area contributed by atoms with Crippen molar-refractivity contribution in [3.05, 3.63) is 11.6 Å². The molecule has 1 spiro atoms. The van der Waals surface area contributed by atoms with Gasteiger partial charge in [-0.2, -0.15) is 0 Å². The Bertz CT molecular complexity index is 252. The van der Waals surface area contributed by atoms with E-state index in [-0.39, 0.29) is 5.41 Å². The molecule has 0 unspecified atom stereocenters. The topological polar surface area (TPSA) is 17.1 Å². The molecule has 0 aromatic carbocycles. The molecule has 2 aliphatic rings. The van der Waals surface area contributed by atoms with Crippen LogP contribution < -0.4 is 0 Å². The van der Waals surface area contributed by atoms with Crippen LogP contribution in [0.15, 0.2) is 11.6 Å². The van der Waals surface area contributed by atoms with Gasteiger partial charge in [0.05, 0.1) is 5.41 Å². The fourth-order valence-corrected chi connectivity index (χ4v) is 2.95. The maximum absolute atomic E-state index is 11.8. The molecule has 0 aromatic rings. The minimum atomic E-state index is -0.0139. The Morgan fingerprint density at radius 1 is 1.58 bits per heavy atom. The van der Waals surface area contributed by atoms with Crippen molar-refractivity contribution in [2.45, 2.75) is 39.5 Å². The zero-order chi connectivity index (χ0) is 8.77. The number of allylic oxidation sites excluding steroid dienone is 2. The molecule has 0 saturated heterocycles. The Morgan fingerprint density at radius 2 is 2.33 bits per heavy atom. The predicted octanol–water partition coefficient (Wildman–Crippen LogP) is 2.71. The van der Waals surface area contributed by atoms with Crippen LogP contribution in [0, 0.1) is 11.3 Å². The van der Waals surface area contributed by atoms with E-state index in [9.17, 15) is 4.79 Å². The van der Waals surface area contributed by atoms with E-state index in [1.54, 1.807) is 0 Å². The van der Waals surface area contributed by atoms with Crippen LogP contribution in [0.4, 0.5) is 0 Å². The van der Waals surface area contributed by atoms with Crippen LogP contribution in [0.5, 0.6) is 0 Å². The molecule has 0 radical (unpaired) electrons. The van der Waals surface area contributed by atoms with Gasteiger partial charge in [-0.25, -0.2) is 0 Å².